The van der Waals surface area contributed by atoms with Gasteiger partial charge in [0.25, 0.3) is 5.91 Å². The van der Waals surface area contributed by atoms with Crippen molar-refractivity contribution in [2.24, 2.45) is 0 Å². The van der Waals surface area contributed by atoms with E-state index in [1.54, 1.807) is 30.5 Å². The first-order valence-corrected chi connectivity index (χ1v) is 7.31. The average Bonchev–Trinajstić information content (AvgIpc) is 2.55. The lowest BCUT2D eigenvalue weighted by molar-refractivity contribution is -0.118. The van der Waals surface area contributed by atoms with E-state index < -0.39 is 5.54 Å². The summed E-state index contributed by atoms with van der Waals surface area (Å²) in [6.07, 6.45) is 1.55. The molecule has 0 fully saturated rings. The van der Waals surface area contributed by atoms with E-state index in [-0.39, 0.29) is 19.1 Å². The Hall–Kier alpha value is -2.60. The molecule has 0 aliphatic rings. The van der Waals surface area contributed by atoms with Crippen molar-refractivity contribution in [3.05, 3.63) is 48.7 Å². The minimum Gasteiger partial charge on any atom is -0.484 e. The zero-order valence-corrected chi connectivity index (χ0v) is 13.2. The second-order valence-electron chi connectivity index (χ2n) is 5.75. The van der Waals surface area contributed by atoms with Gasteiger partial charge in [-0.15, -0.1) is 0 Å². The van der Waals surface area contributed by atoms with Crippen molar-refractivity contribution in [1.29, 1.82) is 0 Å². The van der Waals surface area contributed by atoms with Gasteiger partial charge in [-0.25, -0.2) is 4.98 Å². The van der Waals surface area contributed by atoms with Crippen LogP contribution in [0.15, 0.2) is 48.7 Å². The van der Waals surface area contributed by atoms with Crippen LogP contribution in [0.5, 0.6) is 5.75 Å². The Kier molecular flexibility index (Phi) is 5.54. The molecule has 1 aromatic heterocycles. The number of carbonyl (C=O) groups is 1. The number of amides is 1. The maximum absolute atomic E-state index is 11.8. The van der Waals surface area contributed by atoms with Crippen molar-refractivity contribution in [2.45, 2.75) is 19.4 Å². The summed E-state index contributed by atoms with van der Waals surface area (Å²) in [5.74, 6) is 1.01. The highest BCUT2D eigenvalue weighted by molar-refractivity contribution is 5.91. The molecule has 0 saturated heterocycles. The number of nitrogens with one attached hydrogen (secondary N) is 2. The van der Waals surface area contributed by atoms with Crippen LogP contribution >= 0.6 is 0 Å². The van der Waals surface area contributed by atoms with Crippen LogP contribution in [0.3, 0.4) is 0 Å². The standard InChI is InChI=1S/C17H21N3O3/c1-17(2,12-21)20-15-9-8-13(10-18-15)19-16(22)11-23-14-6-4-3-5-7-14/h3-10,21H,11-12H2,1-2H3,(H,18,20)(H,19,22). The molecular formula is C17H21N3O3. The van der Waals surface area contributed by atoms with Gasteiger partial charge in [0, 0.05) is 0 Å². The van der Waals surface area contributed by atoms with Crippen LogP contribution in [0.2, 0.25) is 0 Å². The van der Waals surface area contributed by atoms with Crippen molar-refractivity contribution >= 4 is 17.4 Å². The number of pyridine rings is 1. The summed E-state index contributed by atoms with van der Waals surface area (Å²) >= 11 is 0. The van der Waals surface area contributed by atoms with Crippen LogP contribution < -0.4 is 15.4 Å². The third-order valence-corrected chi connectivity index (χ3v) is 3.02. The zero-order valence-electron chi connectivity index (χ0n) is 13.2. The van der Waals surface area contributed by atoms with Gasteiger partial charge in [0.2, 0.25) is 0 Å². The van der Waals surface area contributed by atoms with Crippen LogP contribution in [-0.4, -0.2) is 34.8 Å². The maximum Gasteiger partial charge on any atom is 0.262 e. The number of rotatable bonds is 7. The molecule has 3 N–H and O–H groups in total. The fourth-order valence-corrected chi connectivity index (χ4v) is 1.79. The lowest BCUT2D eigenvalue weighted by atomic mass is 10.1. The van der Waals surface area contributed by atoms with Crippen molar-refractivity contribution in [2.75, 3.05) is 23.8 Å². The molecule has 0 bridgehead atoms. The van der Waals surface area contributed by atoms with E-state index in [0.717, 1.165) is 0 Å². The number of aliphatic hydroxyl groups excluding tert-OH is 1. The fourth-order valence-electron chi connectivity index (χ4n) is 1.79. The lowest BCUT2D eigenvalue weighted by Gasteiger charge is -2.24. The predicted octanol–water partition coefficient (Wildman–Crippen LogP) is 2.28. The van der Waals surface area contributed by atoms with Gasteiger partial charge >= 0.3 is 0 Å². The molecule has 0 unspecified atom stereocenters. The van der Waals surface area contributed by atoms with Gasteiger partial charge < -0.3 is 20.5 Å². The summed E-state index contributed by atoms with van der Waals surface area (Å²) in [5, 5.41) is 15.0. The molecule has 2 aromatic rings. The van der Waals surface area contributed by atoms with E-state index in [1.807, 2.05) is 32.0 Å². The molecular weight excluding hydrogens is 294 g/mol. The van der Waals surface area contributed by atoms with Crippen molar-refractivity contribution in [3.63, 3.8) is 0 Å². The summed E-state index contributed by atoms with van der Waals surface area (Å²) in [6.45, 7) is 3.65. The molecule has 0 aliphatic heterocycles. The fraction of sp³-hybridized carbons (Fsp3) is 0.294. The smallest absolute Gasteiger partial charge is 0.262 e. The molecule has 23 heavy (non-hydrogen) atoms. The van der Waals surface area contributed by atoms with E-state index in [2.05, 4.69) is 15.6 Å². The lowest BCUT2D eigenvalue weighted by Crippen LogP contribution is -2.35. The molecule has 6 heteroatoms. The maximum atomic E-state index is 11.8. The van der Waals surface area contributed by atoms with Crippen molar-refractivity contribution in [3.8, 4) is 5.75 Å². The Morgan fingerprint density at radius 2 is 1.96 bits per heavy atom. The van der Waals surface area contributed by atoms with Gasteiger partial charge in [-0.1, -0.05) is 18.2 Å². The molecule has 1 heterocycles. The van der Waals surface area contributed by atoms with Crippen LogP contribution in [0, 0.1) is 0 Å². The Morgan fingerprint density at radius 3 is 2.57 bits per heavy atom. The Labute approximate surface area is 135 Å². The number of nitrogens with zero attached hydrogens (tertiary/aromatic N) is 1. The number of benzene rings is 1. The molecule has 0 radical (unpaired) electrons. The van der Waals surface area contributed by atoms with E-state index >= 15 is 0 Å². The Balaban J connectivity index is 1.84. The van der Waals surface area contributed by atoms with Gasteiger partial charge in [0.15, 0.2) is 6.61 Å². The van der Waals surface area contributed by atoms with Crippen LogP contribution in [0.1, 0.15) is 13.8 Å². The first-order valence-electron chi connectivity index (χ1n) is 7.31. The SMILES string of the molecule is CC(C)(CO)Nc1ccc(NC(=O)COc2ccccc2)cn1. The molecule has 122 valence electrons. The quantitative estimate of drug-likeness (QED) is 0.730. The van der Waals surface area contributed by atoms with E-state index in [1.165, 1.54) is 0 Å². The zero-order chi connectivity index (χ0) is 16.7. The number of hydrogen-bond acceptors (Lipinski definition) is 5. The van der Waals surface area contributed by atoms with E-state index in [9.17, 15) is 9.90 Å². The third-order valence-electron chi connectivity index (χ3n) is 3.02. The second kappa shape index (κ2) is 7.60. The number of ether oxygens (including phenoxy) is 1. The topological polar surface area (TPSA) is 83.5 Å². The molecule has 0 spiro atoms. The molecule has 0 atom stereocenters. The minimum atomic E-state index is -0.457. The number of aromatic nitrogens is 1. The van der Waals surface area contributed by atoms with E-state index in [0.29, 0.717) is 17.3 Å². The highest BCUT2D eigenvalue weighted by atomic mass is 16.5. The van der Waals surface area contributed by atoms with Gasteiger partial charge in [0.05, 0.1) is 24.0 Å². The summed E-state index contributed by atoms with van der Waals surface area (Å²) in [7, 11) is 0. The second-order valence-corrected chi connectivity index (χ2v) is 5.75. The number of hydrogen-bond donors (Lipinski definition) is 3. The van der Waals surface area contributed by atoms with Crippen LogP contribution in [0.4, 0.5) is 11.5 Å². The number of para-hydroxylation sites is 1. The molecule has 1 aromatic carbocycles. The molecule has 6 nitrogen and oxygen atoms in total. The van der Waals surface area contributed by atoms with E-state index in [4.69, 9.17) is 4.74 Å². The predicted molar refractivity (Wildman–Crippen MR) is 89.6 cm³/mol. The first-order chi connectivity index (χ1) is 11.0. The summed E-state index contributed by atoms with van der Waals surface area (Å²) in [4.78, 5) is 16.0. The molecule has 2 rings (SSSR count). The molecule has 0 aliphatic carbocycles. The van der Waals surface area contributed by atoms with Gasteiger partial charge in [-0.2, -0.15) is 0 Å². The highest BCUT2D eigenvalue weighted by Crippen LogP contribution is 2.15. The number of aliphatic hydroxyl groups is 1. The summed E-state index contributed by atoms with van der Waals surface area (Å²) < 4.78 is 5.37. The molecule has 0 saturated carbocycles. The first kappa shape index (κ1) is 16.8. The van der Waals surface area contributed by atoms with Gasteiger partial charge in [-0.3, -0.25) is 4.79 Å². The average molecular weight is 315 g/mol. The third kappa shape index (κ3) is 5.60. The Morgan fingerprint density at radius 1 is 1.22 bits per heavy atom. The van der Waals surface area contributed by atoms with Gasteiger partial charge in [0.1, 0.15) is 11.6 Å². The van der Waals surface area contributed by atoms with Gasteiger partial charge in [-0.05, 0) is 38.1 Å². The molecule has 1 amide bonds. The minimum absolute atomic E-state index is 0.00993. The summed E-state index contributed by atoms with van der Waals surface area (Å²) in [5.41, 5.74) is 0.125. The van der Waals surface area contributed by atoms with Crippen molar-refractivity contribution in [1.82, 2.24) is 4.98 Å². The van der Waals surface area contributed by atoms with Crippen LogP contribution in [-0.2, 0) is 4.79 Å². The largest absolute Gasteiger partial charge is 0.484 e. The summed E-state index contributed by atoms with van der Waals surface area (Å²) in [6, 6.07) is 12.6. The van der Waals surface area contributed by atoms with Crippen LogP contribution in [0.25, 0.3) is 0 Å². The Bertz CT molecular complexity index is 627. The highest BCUT2D eigenvalue weighted by Gasteiger charge is 2.16. The van der Waals surface area contributed by atoms with Crippen molar-refractivity contribution < 1.29 is 14.6 Å². The normalized spacial score (nSPS) is 10.9. The number of carbonyl (C=O) groups excluding carboxylic acids is 1. The number of anilines is 2. The monoisotopic (exact) mass is 315 g/mol.